The summed E-state index contributed by atoms with van der Waals surface area (Å²) in [6.07, 6.45) is 4.14. The number of halogens is 2. The SMILES string of the molecule is Nc1ncccc1CN1CCc2[nH]cnc2[C@H]1c1ccc(Cl)cc1F. The van der Waals surface area contributed by atoms with Gasteiger partial charge >= 0.3 is 0 Å². The van der Waals surface area contributed by atoms with Crippen molar-refractivity contribution in [3.63, 3.8) is 0 Å². The van der Waals surface area contributed by atoms with Crippen LogP contribution in [0.15, 0.2) is 42.9 Å². The number of hydrogen-bond acceptors (Lipinski definition) is 4. The van der Waals surface area contributed by atoms with Crippen molar-refractivity contribution in [3.8, 4) is 0 Å². The summed E-state index contributed by atoms with van der Waals surface area (Å²) in [7, 11) is 0. The largest absolute Gasteiger partial charge is 0.383 e. The molecule has 1 aliphatic rings. The summed E-state index contributed by atoms with van der Waals surface area (Å²) >= 11 is 5.92. The van der Waals surface area contributed by atoms with Crippen molar-refractivity contribution in [2.75, 3.05) is 12.3 Å². The minimum Gasteiger partial charge on any atom is -0.383 e. The van der Waals surface area contributed by atoms with Gasteiger partial charge in [-0.25, -0.2) is 14.4 Å². The molecule has 1 atom stereocenters. The third-order valence-electron chi connectivity index (χ3n) is 4.58. The summed E-state index contributed by atoms with van der Waals surface area (Å²) < 4.78 is 14.6. The van der Waals surface area contributed by atoms with Crippen LogP contribution in [0.3, 0.4) is 0 Å². The number of anilines is 1. The molecule has 3 aromatic rings. The molecule has 0 amide bonds. The minimum absolute atomic E-state index is 0.299. The fourth-order valence-electron chi connectivity index (χ4n) is 3.37. The van der Waals surface area contributed by atoms with E-state index in [1.165, 1.54) is 6.07 Å². The highest BCUT2D eigenvalue weighted by Gasteiger charge is 2.33. The van der Waals surface area contributed by atoms with Crippen molar-refractivity contribution in [2.24, 2.45) is 0 Å². The van der Waals surface area contributed by atoms with Crippen LogP contribution < -0.4 is 5.73 Å². The smallest absolute Gasteiger partial charge is 0.129 e. The quantitative estimate of drug-likeness (QED) is 0.754. The van der Waals surface area contributed by atoms with E-state index >= 15 is 0 Å². The second kappa shape index (κ2) is 6.46. The van der Waals surface area contributed by atoms with Gasteiger partial charge in [0.2, 0.25) is 0 Å². The summed E-state index contributed by atoms with van der Waals surface area (Å²) in [5, 5.41) is 0.377. The number of fused-ring (bicyclic) bond motifs is 1. The number of rotatable bonds is 3. The van der Waals surface area contributed by atoms with E-state index in [1.807, 2.05) is 12.1 Å². The zero-order valence-corrected chi connectivity index (χ0v) is 14.2. The number of hydrogen-bond donors (Lipinski definition) is 2. The van der Waals surface area contributed by atoms with Gasteiger partial charge in [-0.3, -0.25) is 4.90 Å². The van der Waals surface area contributed by atoms with Crippen LogP contribution in [-0.4, -0.2) is 26.4 Å². The van der Waals surface area contributed by atoms with E-state index in [2.05, 4.69) is 19.9 Å². The molecule has 2 aromatic heterocycles. The van der Waals surface area contributed by atoms with Gasteiger partial charge in [0.25, 0.3) is 0 Å². The maximum absolute atomic E-state index is 14.6. The van der Waals surface area contributed by atoms with E-state index in [9.17, 15) is 4.39 Å². The highest BCUT2D eigenvalue weighted by Crippen LogP contribution is 2.36. The van der Waals surface area contributed by atoms with Gasteiger partial charge in [-0.15, -0.1) is 0 Å². The molecule has 0 saturated carbocycles. The van der Waals surface area contributed by atoms with Crippen molar-refractivity contribution < 1.29 is 4.39 Å². The Balaban J connectivity index is 1.76. The minimum atomic E-state index is -0.336. The molecule has 5 nitrogen and oxygen atoms in total. The second-order valence-electron chi connectivity index (χ2n) is 6.10. The van der Waals surface area contributed by atoms with E-state index in [0.29, 0.717) is 22.9 Å². The lowest BCUT2D eigenvalue weighted by molar-refractivity contribution is 0.197. The number of H-pyrrole nitrogens is 1. The average molecular weight is 358 g/mol. The fourth-order valence-corrected chi connectivity index (χ4v) is 3.52. The molecule has 0 unspecified atom stereocenters. The third kappa shape index (κ3) is 2.99. The standard InChI is InChI=1S/C18H17ClFN5/c19-12-3-4-13(14(20)8-12)17-16-15(23-10-24-16)5-7-25(17)9-11-2-1-6-22-18(11)21/h1-4,6,8,10,17H,5,7,9H2,(H2,21,22)(H,23,24)/t17-/m1/s1. The van der Waals surface area contributed by atoms with Crippen molar-refractivity contribution in [3.05, 3.63) is 76.2 Å². The first-order chi connectivity index (χ1) is 12.1. The van der Waals surface area contributed by atoms with Crippen LogP contribution >= 0.6 is 11.6 Å². The molecular formula is C18H17ClFN5. The molecule has 1 aliphatic heterocycles. The number of imidazole rings is 1. The maximum atomic E-state index is 14.6. The lowest BCUT2D eigenvalue weighted by atomic mass is 9.94. The van der Waals surface area contributed by atoms with Crippen LogP contribution in [0, 0.1) is 5.82 Å². The molecule has 0 fully saturated rings. The monoisotopic (exact) mass is 357 g/mol. The number of pyridine rings is 1. The summed E-state index contributed by atoms with van der Waals surface area (Å²) in [6, 6.07) is 8.27. The molecule has 3 N–H and O–H groups in total. The van der Waals surface area contributed by atoms with Gasteiger partial charge in [-0.05, 0) is 18.2 Å². The molecule has 0 spiro atoms. The zero-order chi connectivity index (χ0) is 17.4. The Morgan fingerprint density at radius 2 is 2.20 bits per heavy atom. The summed E-state index contributed by atoms with van der Waals surface area (Å²) in [6.45, 7) is 1.33. The molecule has 0 saturated heterocycles. The molecule has 25 heavy (non-hydrogen) atoms. The molecule has 0 radical (unpaired) electrons. The van der Waals surface area contributed by atoms with E-state index in [1.54, 1.807) is 24.7 Å². The van der Waals surface area contributed by atoms with Gasteiger partial charge in [-0.1, -0.05) is 23.7 Å². The molecule has 0 bridgehead atoms. The number of nitrogens with two attached hydrogens (primary N) is 1. The maximum Gasteiger partial charge on any atom is 0.129 e. The predicted octanol–water partition coefficient (Wildman–Crippen LogP) is 3.33. The van der Waals surface area contributed by atoms with Crippen LogP contribution in [-0.2, 0) is 13.0 Å². The van der Waals surface area contributed by atoms with Crippen LogP contribution in [0.4, 0.5) is 10.2 Å². The van der Waals surface area contributed by atoms with Crippen LogP contribution in [0.2, 0.25) is 5.02 Å². The highest BCUT2D eigenvalue weighted by molar-refractivity contribution is 6.30. The van der Waals surface area contributed by atoms with E-state index in [4.69, 9.17) is 17.3 Å². The number of nitrogens with zero attached hydrogens (tertiary/aromatic N) is 3. The first-order valence-corrected chi connectivity index (χ1v) is 8.42. The Morgan fingerprint density at radius 1 is 1.32 bits per heavy atom. The highest BCUT2D eigenvalue weighted by atomic mass is 35.5. The van der Waals surface area contributed by atoms with E-state index in [0.717, 1.165) is 29.9 Å². The Hall–Kier alpha value is -2.44. The fraction of sp³-hybridized carbons (Fsp3) is 0.222. The molecule has 7 heteroatoms. The molecular weight excluding hydrogens is 341 g/mol. The molecule has 4 rings (SSSR count). The Bertz CT molecular complexity index is 910. The molecule has 3 heterocycles. The van der Waals surface area contributed by atoms with E-state index in [-0.39, 0.29) is 11.9 Å². The Labute approximate surface area is 149 Å². The third-order valence-corrected chi connectivity index (χ3v) is 4.82. The number of benzene rings is 1. The summed E-state index contributed by atoms with van der Waals surface area (Å²) in [5.74, 6) is 0.156. The topological polar surface area (TPSA) is 70.8 Å². The van der Waals surface area contributed by atoms with Gasteiger partial charge in [0.05, 0.1) is 18.1 Å². The number of nitrogen functional groups attached to an aromatic ring is 1. The van der Waals surface area contributed by atoms with Crippen molar-refractivity contribution in [2.45, 2.75) is 19.0 Å². The van der Waals surface area contributed by atoms with Crippen molar-refractivity contribution in [1.82, 2.24) is 19.9 Å². The molecule has 1 aromatic carbocycles. The summed E-state index contributed by atoms with van der Waals surface area (Å²) in [4.78, 5) is 13.9. The van der Waals surface area contributed by atoms with Gasteiger partial charge < -0.3 is 10.7 Å². The van der Waals surface area contributed by atoms with Gasteiger partial charge in [0.15, 0.2) is 0 Å². The molecule has 128 valence electrons. The normalized spacial score (nSPS) is 17.4. The second-order valence-corrected chi connectivity index (χ2v) is 6.54. The Kier molecular flexibility index (Phi) is 4.15. The first-order valence-electron chi connectivity index (χ1n) is 8.04. The van der Waals surface area contributed by atoms with Crippen molar-refractivity contribution >= 4 is 17.4 Å². The lowest BCUT2D eigenvalue weighted by Crippen LogP contribution is -2.36. The lowest BCUT2D eigenvalue weighted by Gasteiger charge is -2.35. The Morgan fingerprint density at radius 3 is 3.00 bits per heavy atom. The molecule has 0 aliphatic carbocycles. The van der Waals surface area contributed by atoms with E-state index < -0.39 is 0 Å². The van der Waals surface area contributed by atoms with Gasteiger partial charge in [-0.2, -0.15) is 0 Å². The van der Waals surface area contributed by atoms with Gasteiger partial charge in [0.1, 0.15) is 11.6 Å². The predicted molar refractivity (Wildman–Crippen MR) is 94.6 cm³/mol. The number of aromatic amines is 1. The number of nitrogens with one attached hydrogen (secondary N) is 1. The summed E-state index contributed by atoms with van der Waals surface area (Å²) in [5.41, 5.74) is 9.35. The van der Waals surface area contributed by atoms with Crippen LogP contribution in [0.25, 0.3) is 0 Å². The van der Waals surface area contributed by atoms with Crippen LogP contribution in [0.1, 0.15) is 28.6 Å². The number of aromatic nitrogens is 3. The van der Waals surface area contributed by atoms with Crippen molar-refractivity contribution in [1.29, 1.82) is 0 Å². The first kappa shape index (κ1) is 16.1. The zero-order valence-electron chi connectivity index (χ0n) is 13.4. The van der Waals surface area contributed by atoms with Crippen LogP contribution in [0.5, 0.6) is 0 Å². The van der Waals surface area contributed by atoms with Gasteiger partial charge in [0, 0.05) is 47.6 Å². The average Bonchev–Trinajstić information content (AvgIpc) is 3.06.